The van der Waals surface area contributed by atoms with E-state index in [4.69, 9.17) is 0 Å². The second-order valence-corrected chi connectivity index (χ2v) is 8.75. The Morgan fingerprint density at radius 3 is 2.69 bits per heavy atom. The van der Waals surface area contributed by atoms with E-state index in [1.54, 1.807) is 0 Å². The molecule has 2 amide bonds. The lowest BCUT2D eigenvalue weighted by atomic mass is 9.97. The first-order valence-electron chi connectivity index (χ1n) is 11.9. The van der Waals surface area contributed by atoms with Gasteiger partial charge in [0.2, 0.25) is 5.91 Å². The molecule has 0 aliphatic carbocycles. The first kappa shape index (κ1) is 22.1. The van der Waals surface area contributed by atoms with Crippen LogP contribution in [0.15, 0.2) is 54.7 Å². The Kier molecular flexibility index (Phi) is 6.93. The molecule has 1 aromatic heterocycles. The Bertz CT molecular complexity index is 1090. The van der Waals surface area contributed by atoms with Crippen molar-refractivity contribution in [3.05, 3.63) is 71.4 Å². The Morgan fingerprint density at radius 2 is 1.88 bits per heavy atom. The van der Waals surface area contributed by atoms with Gasteiger partial charge in [-0.25, -0.2) is 0 Å². The largest absolute Gasteiger partial charge is 0.361 e. The highest BCUT2D eigenvalue weighted by Gasteiger charge is 2.38. The molecular weight excluding hydrogens is 398 g/mol. The van der Waals surface area contributed by atoms with E-state index in [0.717, 1.165) is 47.0 Å². The van der Waals surface area contributed by atoms with Gasteiger partial charge in [-0.1, -0.05) is 69.5 Å². The summed E-state index contributed by atoms with van der Waals surface area (Å²) in [6.45, 7) is 5.49. The lowest BCUT2D eigenvalue weighted by Crippen LogP contribution is -2.35. The van der Waals surface area contributed by atoms with E-state index in [0.29, 0.717) is 18.9 Å². The van der Waals surface area contributed by atoms with Gasteiger partial charge in [0.1, 0.15) is 0 Å². The Hall–Kier alpha value is -3.08. The number of rotatable bonds is 10. The van der Waals surface area contributed by atoms with Crippen LogP contribution in [-0.4, -0.2) is 34.8 Å². The molecule has 1 aliphatic heterocycles. The molecule has 168 valence electrons. The highest BCUT2D eigenvalue weighted by molar-refractivity contribution is 6.01. The van der Waals surface area contributed by atoms with Gasteiger partial charge in [-0.05, 0) is 30.0 Å². The third-order valence-electron chi connectivity index (χ3n) is 6.69. The fourth-order valence-electron chi connectivity index (χ4n) is 4.77. The number of carbonyl (C=O) groups is 2. The van der Waals surface area contributed by atoms with Crippen molar-refractivity contribution in [1.29, 1.82) is 0 Å². The highest BCUT2D eigenvalue weighted by atomic mass is 16.2. The summed E-state index contributed by atoms with van der Waals surface area (Å²) >= 11 is 0. The van der Waals surface area contributed by atoms with Gasteiger partial charge in [0.25, 0.3) is 5.91 Å². The topological polar surface area (TPSA) is 65.2 Å². The number of hydrogen-bond acceptors (Lipinski definition) is 2. The number of hydrogen-bond donors (Lipinski definition) is 2. The average molecular weight is 432 g/mol. The predicted molar refractivity (Wildman–Crippen MR) is 129 cm³/mol. The quantitative estimate of drug-likeness (QED) is 0.449. The second kappa shape index (κ2) is 10.0. The average Bonchev–Trinajstić information content (AvgIpc) is 3.36. The fourth-order valence-corrected chi connectivity index (χ4v) is 4.77. The van der Waals surface area contributed by atoms with Crippen LogP contribution in [0.25, 0.3) is 10.9 Å². The van der Waals surface area contributed by atoms with E-state index in [2.05, 4.69) is 30.2 Å². The van der Waals surface area contributed by atoms with Crippen molar-refractivity contribution >= 4 is 22.7 Å². The van der Waals surface area contributed by atoms with Crippen LogP contribution in [-0.2, 0) is 4.79 Å². The third-order valence-corrected chi connectivity index (χ3v) is 6.69. The first-order valence-corrected chi connectivity index (χ1v) is 11.9. The summed E-state index contributed by atoms with van der Waals surface area (Å²) in [5.74, 6) is 0.537. The SMILES string of the molecule is CCCCC(CC)CNC(=O)CCN1C(=O)c2ccccc2C1c1c[nH]c2ccccc12. The van der Waals surface area contributed by atoms with Crippen molar-refractivity contribution in [1.82, 2.24) is 15.2 Å². The summed E-state index contributed by atoms with van der Waals surface area (Å²) in [5, 5.41) is 4.21. The maximum Gasteiger partial charge on any atom is 0.255 e. The molecule has 2 N–H and O–H groups in total. The Labute approximate surface area is 190 Å². The van der Waals surface area contributed by atoms with E-state index in [-0.39, 0.29) is 17.9 Å². The number of amides is 2. The number of fused-ring (bicyclic) bond motifs is 2. The molecule has 0 spiro atoms. The van der Waals surface area contributed by atoms with Crippen LogP contribution < -0.4 is 5.32 Å². The summed E-state index contributed by atoms with van der Waals surface area (Å²) in [7, 11) is 0. The van der Waals surface area contributed by atoms with E-state index >= 15 is 0 Å². The van der Waals surface area contributed by atoms with Crippen LogP contribution >= 0.6 is 0 Å². The number of benzene rings is 2. The van der Waals surface area contributed by atoms with E-state index in [9.17, 15) is 9.59 Å². The van der Waals surface area contributed by atoms with Crippen LogP contribution in [0.5, 0.6) is 0 Å². The molecule has 0 saturated carbocycles. The summed E-state index contributed by atoms with van der Waals surface area (Å²) in [6, 6.07) is 15.8. The van der Waals surface area contributed by atoms with Crippen molar-refractivity contribution in [2.45, 2.75) is 52.0 Å². The molecule has 2 aromatic carbocycles. The van der Waals surface area contributed by atoms with Crippen LogP contribution in [0.1, 0.15) is 73.5 Å². The lowest BCUT2D eigenvalue weighted by Gasteiger charge is -2.25. The maximum atomic E-state index is 13.3. The number of aromatic nitrogens is 1. The third kappa shape index (κ3) is 4.43. The first-order chi connectivity index (χ1) is 15.6. The molecule has 2 atom stereocenters. The van der Waals surface area contributed by atoms with Gasteiger partial charge in [0, 0.05) is 47.7 Å². The zero-order valence-electron chi connectivity index (χ0n) is 19.1. The molecule has 0 saturated heterocycles. The minimum absolute atomic E-state index is 0.00179. The molecular formula is C27H33N3O2. The zero-order chi connectivity index (χ0) is 22.5. The van der Waals surface area contributed by atoms with Crippen LogP contribution in [0.2, 0.25) is 0 Å². The molecule has 5 nitrogen and oxygen atoms in total. The predicted octanol–water partition coefficient (Wildman–Crippen LogP) is 5.44. The van der Waals surface area contributed by atoms with Crippen molar-refractivity contribution in [3.8, 4) is 0 Å². The van der Waals surface area contributed by atoms with Crippen molar-refractivity contribution in [2.24, 2.45) is 5.92 Å². The summed E-state index contributed by atoms with van der Waals surface area (Å²) in [6.07, 6.45) is 6.90. The number of nitrogens with one attached hydrogen (secondary N) is 2. The number of H-pyrrole nitrogens is 1. The lowest BCUT2D eigenvalue weighted by molar-refractivity contribution is -0.121. The van der Waals surface area contributed by atoms with Crippen LogP contribution in [0.4, 0.5) is 0 Å². The molecule has 2 heterocycles. The van der Waals surface area contributed by atoms with Gasteiger partial charge in [-0.2, -0.15) is 0 Å². The molecule has 3 aromatic rings. The van der Waals surface area contributed by atoms with Crippen molar-refractivity contribution in [2.75, 3.05) is 13.1 Å². The Morgan fingerprint density at radius 1 is 1.09 bits per heavy atom. The molecule has 2 unspecified atom stereocenters. The minimum atomic E-state index is -0.185. The number of aromatic amines is 1. The standard InChI is InChI=1S/C27H33N3O2/c1-3-5-10-19(4-2)17-29-25(31)15-16-30-26(21-12-6-7-13-22(21)27(30)32)23-18-28-24-14-9-8-11-20(23)24/h6-9,11-14,18-19,26,28H,3-5,10,15-17H2,1-2H3,(H,29,31). The van der Waals surface area contributed by atoms with Crippen LogP contribution in [0.3, 0.4) is 0 Å². The van der Waals surface area contributed by atoms with Gasteiger partial charge in [-0.3, -0.25) is 9.59 Å². The van der Waals surface area contributed by atoms with Crippen LogP contribution in [0, 0.1) is 5.92 Å². The van der Waals surface area contributed by atoms with Gasteiger partial charge in [-0.15, -0.1) is 0 Å². The van der Waals surface area contributed by atoms with Gasteiger partial charge in [0.05, 0.1) is 6.04 Å². The molecule has 0 bridgehead atoms. The number of unbranched alkanes of at least 4 members (excludes halogenated alkanes) is 1. The molecule has 0 radical (unpaired) electrons. The second-order valence-electron chi connectivity index (χ2n) is 8.75. The van der Waals surface area contributed by atoms with Gasteiger partial charge in [0.15, 0.2) is 0 Å². The molecule has 5 heteroatoms. The summed E-state index contributed by atoms with van der Waals surface area (Å²) in [5.41, 5.74) is 3.86. The minimum Gasteiger partial charge on any atom is -0.361 e. The highest BCUT2D eigenvalue weighted by Crippen LogP contribution is 2.41. The summed E-state index contributed by atoms with van der Waals surface area (Å²) < 4.78 is 0. The zero-order valence-corrected chi connectivity index (χ0v) is 19.1. The fraction of sp³-hybridized carbons (Fsp3) is 0.407. The maximum absolute atomic E-state index is 13.3. The Balaban J connectivity index is 1.50. The van der Waals surface area contributed by atoms with E-state index in [1.165, 1.54) is 12.8 Å². The molecule has 1 aliphatic rings. The molecule has 0 fully saturated rings. The number of carbonyl (C=O) groups excluding carboxylic acids is 2. The van der Waals surface area contributed by atoms with E-state index < -0.39 is 0 Å². The molecule has 4 rings (SSSR count). The van der Waals surface area contributed by atoms with Crippen molar-refractivity contribution < 1.29 is 9.59 Å². The smallest absolute Gasteiger partial charge is 0.255 e. The normalized spacial score (nSPS) is 16.4. The van der Waals surface area contributed by atoms with Gasteiger partial charge < -0.3 is 15.2 Å². The molecule has 32 heavy (non-hydrogen) atoms. The van der Waals surface area contributed by atoms with Gasteiger partial charge >= 0.3 is 0 Å². The number of nitrogens with zero attached hydrogens (tertiary/aromatic N) is 1. The monoisotopic (exact) mass is 431 g/mol. The number of para-hydroxylation sites is 1. The van der Waals surface area contributed by atoms with Crippen molar-refractivity contribution in [3.63, 3.8) is 0 Å². The van der Waals surface area contributed by atoms with E-state index in [1.807, 2.05) is 53.6 Å². The summed E-state index contributed by atoms with van der Waals surface area (Å²) in [4.78, 5) is 31.1.